The Balaban J connectivity index is 2.19. The molecule has 0 aliphatic carbocycles. The molecular weight excluding hydrogens is 453 g/mol. The van der Waals surface area contributed by atoms with Crippen LogP contribution in [0.15, 0.2) is 29.5 Å². The highest BCUT2D eigenvalue weighted by Gasteiger charge is 2.37. The predicted molar refractivity (Wildman–Crippen MR) is 125 cm³/mol. The van der Waals surface area contributed by atoms with Crippen LogP contribution in [0.1, 0.15) is 57.4 Å². The van der Waals surface area contributed by atoms with E-state index >= 15 is 0 Å². The van der Waals surface area contributed by atoms with E-state index in [0.717, 1.165) is 25.7 Å². The first-order valence-electron chi connectivity index (χ1n) is 10.9. The van der Waals surface area contributed by atoms with Gasteiger partial charge >= 0.3 is 5.97 Å². The number of carbonyl (C=O) groups is 3. The van der Waals surface area contributed by atoms with Crippen LogP contribution in [0.25, 0.3) is 0 Å². The molecule has 1 aliphatic rings. The maximum Gasteiger partial charge on any atom is 0.336 e. The van der Waals surface area contributed by atoms with Gasteiger partial charge in [-0.3, -0.25) is 9.59 Å². The Labute approximate surface area is 199 Å². The number of nitrogens with one attached hydrogen (secondary N) is 1. The third-order valence-corrected chi connectivity index (χ3v) is 6.16. The van der Waals surface area contributed by atoms with E-state index in [1.807, 2.05) is 0 Å². The highest BCUT2D eigenvalue weighted by Crippen LogP contribution is 2.38. The summed E-state index contributed by atoms with van der Waals surface area (Å²) >= 11 is 12.2. The van der Waals surface area contributed by atoms with E-state index in [1.165, 1.54) is 4.90 Å². The highest BCUT2D eigenvalue weighted by molar-refractivity contribution is 6.42. The van der Waals surface area contributed by atoms with E-state index in [-0.39, 0.29) is 31.4 Å². The van der Waals surface area contributed by atoms with Crippen molar-refractivity contribution in [1.82, 2.24) is 10.2 Å². The first-order valence-corrected chi connectivity index (χ1v) is 11.7. The number of rotatable bonds is 11. The molecule has 2 rings (SSSR count). The second kappa shape index (κ2) is 12.8. The van der Waals surface area contributed by atoms with Crippen molar-refractivity contribution in [2.75, 3.05) is 26.2 Å². The van der Waals surface area contributed by atoms with Crippen molar-refractivity contribution in [1.29, 1.82) is 0 Å². The Bertz CT molecular complexity index is 873. The summed E-state index contributed by atoms with van der Waals surface area (Å²) in [6, 6.07) is 5.03. The van der Waals surface area contributed by atoms with Gasteiger partial charge in [0.2, 0.25) is 11.8 Å². The first-order chi connectivity index (χ1) is 15.3. The standard InChI is InChI=1S/C23H31Cl2N3O4/c1-3-32-23(31)22-15(2)28(14-20(29)27-11-7-5-4-6-10-26)21(30)13-17(22)16-8-9-18(24)19(25)12-16/h8-9,12,17H,3-7,10-11,13-14,26H2,1-2H3,(H,27,29). The van der Waals surface area contributed by atoms with Crippen LogP contribution >= 0.6 is 23.2 Å². The molecule has 0 radical (unpaired) electrons. The van der Waals surface area contributed by atoms with Gasteiger partial charge in [0.1, 0.15) is 6.54 Å². The maximum absolute atomic E-state index is 12.9. The fourth-order valence-electron chi connectivity index (χ4n) is 3.74. The van der Waals surface area contributed by atoms with Crippen LogP contribution in [-0.4, -0.2) is 48.9 Å². The number of carbonyl (C=O) groups excluding carboxylic acids is 3. The van der Waals surface area contributed by atoms with Crippen LogP contribution in [0.3, 0.4) is 0 Å². The van der Waals surface area contributed by atoms with Crippen molar-refractivity contribution in [2.45, 2.75) is 51.9 Å². The van der Waals surface area contributed by atoms with Gasteiger partial charge in [-0.1, -0.05) is 42.1 Å². The molecule has 0 aromatic heterocycles. The molecule has 0 bridgehead atoms. The van der Waals surface area contributed by atoms with Crippen molar-refractivity contribution in [3.05, 3.63) is 45.1 Å². The van der Waals surface area contributed by atoms with Crippen LogP contribution in [0.4, 0.5) is 0 Å². The summed E-state index contributed by atoms with van der Waals surface area (Å²) in [4.78, 5) is 39.5. The lowest BCUT2D eigenvalue weighted by Crippen LogP contribution is -2.44. The molecule has 9 heteroatoms. The summed E-state index contributed by atoms with van der Waals surface area (Å²) in [5.41, 5.74) is 6.93. The SMILES string of the molecule is CCOC(=O)C1=C(C)N(CC(=O)NCCCCCCN)C(=O)CC1c1ccc(Cl)c(Cl)c1. The number of esters is 1. The molecular formula is C23H31Cl2N3O4. The first kappa shape index (κ1) is 26.2. The fraction of sp³-hybridized carbons (Fsp3) is 0.522. The molecule has 1 heterocycles. The van der Waals surface area contributed by atoms with Crippen molar-refractivity contribution in [3.63, 3.8) is 0 Å². The van der Waals surface area contributed by atoms with Gasteiger partial charge in [0.05, 0.1) is 22.2 Å². The van der Waals surface area contributed by atoms with Crippen LogP contribution in [0.5, 0.6) is 0 Å². The summed E-state index contributed by atoms with van der Waals surface area (Å²) in [6.45, 7) is 4.63. The number of unbranched alkanes of at least 4 members (excludes halogenated alkanes) is 3. The van der Waals surface area contributed by atoms with Gasteiger partial charge in [-0.2, -0.15) is 0 Å². The number of benzene rings is 1. The lowest BCUT2D eigenvalue weighted by molar-refractivity contribution is -0.141. The average molecular weight is 484 g/mol. The summed E-state index contributed by atoms with van der Waals surface area (Å²) < 4.78 is 5.25. The Morgan fingerprint density at radius 2 is 1.91 bits per heavy atom. The number of hydrogen-bond acceptors (Lipinski definition) is 5. The van der Waals surface area contributed by atoms with Gasteiger partial charge in [-0.25, -0.2) is 4.79 Å². The second-order valence-corrected chi connectivity index (χ2v) is 8.50. The third kappa shape index (κ3) is 6.95. The van der Waals surface area contributed by atoms with Crippen LogP contribution in [-0.2, 0) is 19.1 Å². The molecule has 1 aromatic rings. The maximum atomic E-state index is 12.9. The molecule has 0 saturated heterocycles. The number of allylic oxidation sites excluding steroid dienone is 1. The highest BCUT2D eigenvalue weighted by atomic mass is 35.5. The number of halogens is 2. The van der Waals surface area contributed by atoms with E-state index in [4.69, 9.17) is 33.7 Å². The summed E-state index contributed by atoms with van der Waals surface area (Å²) in [6.07, 6.45) is 3.85. The van der Waals surface area contributed by atoms with Crippen molar-refractivity contribution in [3.8, 4) is 0 Å². The predicted octanol–water partition coefficient (Wildman–Crippen LogP) is 3.78. The number of hydrogen-bond donors (Lipinski definition) is 2. The molecule has 0 spiro atoms. The lowest BCUT2D eigenvalue weighted by Gasteiger charge is -2.34. The van der Waals surface area contributed by atoms with E-state index in [0.29, 0.717) is 40.0 Å². The third-order valence-electron chi connectivity index (χ3n) is 5.42. The molecule has 176 valence electrons. The van der Waals surface area contributed by atoms with E-state index in [9.17, 15) is 14.4 Å². The van der Waals surface area contributed by atoms with Gasteiger partial charge in [0.25, 0.3) is 0 Å². The Morgan fingerprint density at radius 1 is 1.19 bits per heavy atom. The zero-order valence-electron chi connectivity index (χ0n) is 18.6. The van der Waals surface area contributed by atoms with Crippen molar-refractivity contribution < 1.29 is 19.1 Å². The smallest absolute Gasteiger partial charge is 0.336 e. The zero-order chi connectivity index (χ0) is 23.7. The summed E-state index contributed by atoms with van der Waals surface area (Å²) in [7, 11) is 0. The summed E-state index contributed by atoms with van der Waals surface area (Å²) in [5, 5.41) is 3.56. The van der Waals surface area contributed by atoms with E-state index in [1.54, 1.807) is 32.0 Å². The average Bonchev–Trinajstić information content (AvgIpc) is 2.75. The zero-order valence-corrected chi connectivity index (χ0v) is 20.1. The minimum absolute atomic E-state index is 0.0236. The van der Waals surface area contributed by atoms with Gasteiger partial charge in [0, 0.05) is 24.6 Å². The van der Waals surface area contributed by atoms with Gasteiger partial charge < -0.3 is 20.7 Å². The quantitative estimate of drug-likeness (QED) is 0.368. The molecule has 1 aliphatic heterocycles. The topological polar surface area (TPSA) is 102 Å². The van der Waals surface area contributed by atoms with Gasteiger partial charge in [-0.05, 0) is 50.9 Å². The largest absolute Gasteiger partial charge is 0.463 e. The molecule has 3 N–H and O–H groups in total. The van der Waals surface area contributed by atoms with Gasteiger partial charge in [0.15, 0.2) is 0 Å². The minimum atomic E-state index is -0.529. The number of ether oxygens (including phenoxy) is 1. The minimum Gasteiger partial charge on any atom is -0.463 e. The number of nitrogens with two attached hydrogens (primary N) is 1. The normalized spacial score (nSPS) is 16.3. The van der Waals surface area contributed by atoms with E-state index in [2.05, 4.69) is 5.32 Å². The molecule has 1 aromatic carbocycles. The van der Waals surface area contributed by atoms with Crippen molar-refractivity contribution in [2.24, 2.45) is 5.73 Å². The summed E-state index contributed by atoms with van der Waals surface area (Å²) in [5.74, 6) is -1.56. The number of nitrogens with zero attached hydrogens (tertiary/aromatic N) is 1. The second-order valence-electron chi connectivity index (χ2n) is 7.68. The van der Waals surface area contributed by atoms with E-state index < -0.39 is 11.9 Å². The fourth-order valence-corrected chi connectivity index (χ4v) is 4.05. The molecule has 0 saturated carbocycles. The monoisotopic (exact) mass is 483 g/mol. The Hall–Kier alpha value is -2.09. The molecule has 1 unspecified atom stereocenters. The molecule has 0 fully saturated rings. The molecule has 2 amide bonds. The van der Waals surface area contributed by atoms with Crippen LogP contribution < -0.4 is 11.1 Å². The number of amides is 2. The Morgan fingerprint density at radius 3 is 2.56 bits per heavy atom. The Kier molecular flexibility index (Phi) is 10.5. The van der Waals surface area contributed by atoms with Crippen molar-refractivity contribution >= 4 is 41.0 Å². The van der Waals surface area contributed by atoms with Crippen LogP contribution in [0.2, 0.25) is 10.0 Å². The molecule has 7 nitrogen and oxygen atoms in total. The molecule has 32 heavy (non-hydrogen) atoms. The van der Waals surface area contributed by atoms with Crippen LogP contribution in [0, 0.1) is 0 Å². The van der Waals surface area contributed by atoms with Gasteiger partial charge in [-0.15, -0.1) is 0 Å². The molecule has 1 atom stereocenters. The lowest BCUT2D eigenvalue weighted by atomic mass is 9.83.